The van der Waals surface area contributed by atoms with Crippen molar-refractivity contribution in [3.63, 3.8) is 0 Å². The highest BCUT2D eigenvalue weighted by Crippen LogP contribution is 2.20. The lowest BCUT2D eigenvalue weighted by atomic mass is 10.2. The maximum atomic E-state index is 12.1. The number of benzene rings is 2. The van der Waals surface area contributed by atoms with E-state index in [4.69, 9.17) is 0 Å². The van der Waals surface area contributed by atoms with Gasteiger partial charge in [0.2, 0.25) is 0 Å². The summed E-state index contributed by atoms with van der Waals surface area (Å²) in [6.07, 6.45) is 2.75. The van der Waals surface area contributed by atoms with Crippen molar-refractivity contribution >= 4 is 17.2 Å². The highest BCUT2D eigenvalue weighted by atomic mass is 19.3. The van der Waals surface area contributed by atoms with Crippen LogP contribution in [0.2, 0.25) is 0 Å². The van der Waals surface area contributed by atoms with Crippen molar-refractivity contribution in [2.75, 3.05) is 0 Å². The standard InChI is InChI=1S/C17H13F2NO2/c18-17(19)22-15-4-1-12(2-5-15)10-20-8-7-14-9-13(11-21)3-6-16(14)20/h1-9,11,17H,10H2. The van der Waals surface area contributed by atoms with Gasteiger partial charge in [0.05, 0.1) is 0 Å². The van der Waals surface area contributed by atoms with Gasteiger partial charge in [-0.15, -0.1) is 0 Å². The molecule has 3 aromatic rings. The molecular weight excluding hydrogens is 288 g/mol. The van der Waals surface area contributed by atoms with Crippen LogP contribution in [0, 0.1) is 0 Å². The van der Waals surface area contributed by atoms with E-state index < -0.39 is 6.61 Å². The van der Waals surface area contributed by atoms with E-state index in [1.807, 2.05) is 29.0 Å². The normalized spacial score (nSPS) is 11.0. The smallest absolute Gasteiger partial charge is 0.387 e. The average Bonchev–Trinajstić information content (AvgIpc) is 2.91. The number of alkyl halides is 2. The summed E-state index contributed by atoms with van der Waals surface area (Å²) in [6, 6.07) is 14.0. The third kappa shape index (κ3) is 2.98. The quantitative estimate of drug-likeness (QED) is 0.664. The molecule has 1 aromatic heterocycles. The van der Waals surface area contributed by atoms with E-state index in [-0.39, 0.29) is 5.75 Å². The molecule has 0 unspecified atom stereocenters. The van der Waals surface area contributed by atoms with E-state index in [0.29, 0.717) is 12.1 Å². The number of carbonyl (C=O) groups excluding carboxylic acids is 1. The summed E-state index contributed by atoms with van der Waals surface area (Å²) in [5, 5.41) is 0.988. The van der Waals surface area contributed by atoms with Crippen molar-refractivity contribution in [3.8, 4) is 5.75 Å². The molecule has 22 heavy (non-hydrogen) atoms. The average molecular weight is 301 g/mol. The highest BCUT2D eigenvalue weighted by molar-refractivity contribution is 5.87. The minimum atomic E-state index is -2.81. The van der Waals surface area contributed by atoms with Crippen LogP contribution >= 0.6 is 0 Å². The van der Waals surface area contributed by atoms with E-state index in [0.717, 1.165) is 22.8 Å². The Hall–Kier alpha value is -2.69. The second kappa shape index (κ2) is 5.97. The van der Waals surface area contributed by atoms with E-state index in [2.05, 4.69) is 4.74 Å². The number of hydrogen-bond acceptors (Lipinski definition) is 2. The lowest BCUT2D eigenvalue weighted by Gasteiger charge is -2.08. The topological polar surface area (TPSA) is 31.2 Å². The zero-order valence-corrected chi connectivity index (χ0v) is 11.6. The molecule has 0 atom stereocenters. The van der Waals surface area contributed by atoms with Gasteiger partial charge in [-0.2, -0.15) is 8.78 Å². The van der Waals surface area contributed by atoms with Gasteiger partial charge in [-0.05, 0) is 42.0 Å². The van der Waals surface area contributed by atoms with Crippen LogP contribution in [0.3, 0.4) is 0 Å². The third-order valence-corrected chi connectivity index (χ3v) is 3.43. The molecule has 3 nitrogen and oxygen atoms in total. The molecule has 0 amide bonds. The Labute approximate surface area is 125 Å². The molecule has 0 saturated carbocycles. The van der Waals surface area contributed by atoms with Crippen molar-refractivity contribution in [3.05, 3.63) is 65.9 Å². The molecule has 3 rings (SSSR count). The lowest BCUT2D eigenvalue weighted by Crippen LogP contribution is -2.02. The van der Waals surface area contributed by atoms with Crippen molar-refractivity contribution in [2.24, 2.45) is 0 Å². The van der Waals surface area contributed by atoms with Gasteiger partial charge in [0, 0.05) is 29.2 Å². The molecule has 0 N–H and O–H groups in total. The molecule has 0 saturated heterocycles. The molecule has 0 bridgehead atoms. The van der Waals surface area contributed by atoms with Gasteiger partial charge in [-0.1, -0.05) is 12.1 Å². The SMILES string of the molecule is O=Cc1ccc2c(ccn2Cc2ccc(OC(F)F)cc2)c1. The van der Waals surface area contributed by atoms with E-state index >= 15 is 0 Å². The van der Waals surface area contributed by atoms with Crippen molar-refractivity contribution < 1.29 is 18.3 Å². The molecule has 0 aliphatic heterocycles. The fraction of sp³-hybridized carbons (Fsp3) is 0.118. The minimum Gasteiger partial charge on any atom is -0.435 e. The summed E-state index contributed by atoms with van der Waals surface area (Å²) < 4.78 is 30.6. The maximum absolute atomic E-state index is 12.1. The first-order valence-electron chi connectivity index (χ1n) is 6.73. The second-order valence-electron chi connectivity index (χ2n) is 4.90. The number of carbonyl (C=O) groups is 1. The van der Waals surface area contributed by atoms with Crippen LogP contribution in [0.5, 0.6) is 5.75 Å². The van der Waals surface area contributed by atoms with Crippen LogP contribution in [0.4, 0.5) is 8.78 Å². The van der Waals surface area contributed by atoms with Gasteiger partial charge in [0.25, 0.3) is 0 Å². The summed E-state index contributed by atoms with van der Waals surface area (Å²) >= 11 is 0. The predicted molar refractivity (Wildman–Crippen MR) is 79.5 cm³/mol. The number of hydrogen-bond donors (Lipinski definition) is 0. The maximum Gasteiger partial charge on any atom is 0.387 e. The summed E-state index contributed by atoms with van der Waals surface area (Å²) in [5.41, 5.74) is 2.62. The van der Waals surface area contributed by atoms with Crippen molar-refractivity contribution in [1.29, 1.82) is 0 Å². The van der Waals surface area contributed by atoms with Crippen LogP contribution in [-0.2, 0) is 6.54 Å². The van der Waals surface area contributed by atoms with Crippen LogP contribution in [0.15, 0.2) is 54.7 Å². The van der Waals surface area contributed by atoms with Gasteiger partial charge in [-0.3, -0.25) is 4.79 Å². The summed E-state index contributed by atoms with van der Waals surface area (Å²) in [4.78, 5) is 10.8. The number of aromatic nitrogens is 1. The molecule has 0 aliphatic rings. The number of rotatable bonds is 5. The Bertz CT molecular complexity index is 794. The molecule has 5 heteroatoms. The predicted octanol–water partition coefficient (Wildman–Crippen LogP) is 4.10. The largest absolute Gasteiger partial charge is 0.435 e. The first kappa shape index (κ1) is 14.3. The summed E-state index contributed by atoms with van der Waals surface area (Å²) in [7, 11) is 0. The first-order valence-corrected chi connectivity index (χ1v) is 6.73. The molecule has 1 heterocycles. The molecule has 0 fully saturated rings. The van der Waals surface area contributed by atoms with Crippen molar-refractivity contribution in [2.45, 2.75) is 13.2 Å². The van der Waals surface area contributed by atoms with Crippen LogP contribution in [0.1, 0.15) is 15.9 Å². The third-order valence-electron chi connectivity index (χ3n) is 3.43. The first-order chi connectivity index (χ1) is 10.7. The van der Waals surface area contributed by atoms with Gasteiger partial charge < -0.3 is 9.30 Å². The Balaban J connectivity index is 1.82. The Morgan fingerprint density at radius 1 is 1.09 bits per heavy atom. The van der Waals surface area contributed by atoms with E-state index in [1.165, 1.54) is 12.1 Å². The zero-order chi connectivity index (χ0) is 15.5. The molecule has 0 spiro atoms. The minimum absolute atomic E-state index is 0.145. The number of fused-ring (bicyclic) bond motifs is 1. The van der Waals surface area contributed by atoms with Gasteiger partial charge in [0.15, 0.2) is 0 Å². The van der Waals surface area contributed by atoms with Gasteiger partial charge in [-0.25, -0.2) is 0 Å². The molecular formula is C17H13F2NO2. The Kier molecular flexibility index (Phi) is 3.87. The molecule has 0 aliphatic carbocycles. The second-order valence-corrected chi connectivity index (χ2v) is 4.90. The van der Waals surface area contributed by atoms with Gasteiger partial charge >= 0.3 is 6.61 Å². The lowest BCUT2D eigenvalue weighted by molar-refractivity contribution is -0.0498. The number of nitrogens with zero attached hydrogens (tertiary/aromatic N) is 1. The summed E-state index contributed by atoms with van der Waals surface area (Å²) in [5.74, 6) is 0.145. The van der Waals surface area contributed by atoms with Crippen LogP contribution in [-0.4, -0.2) is 17.5 Å². The Morgan fingerprint density at radius 2 is 1.86 bits per heavy atom. The summed E-state index contributed by atoms with van der Waals surface area (Å²) in [6.45, 7) is -2.20. The zero-order valence-electron chi connectivity index (χ0n) is 11.6. The number of aldehydes is 1. The van der Waals surface area contributed by atoms with E-state index in [9.17, 15) is 13.6 Å². The fourth-order valence-corrected chi connectivity index (χ4v) is 2.40. The van der Waals surface area contributed by atoms with Gasteiger partial charge in [0.1, 0.15) is 12.0 Å². The van der Waals surface area contributed by atoms with Crippen LogP contribution < -0.4 is 4.74 Å². The molecule has 2 aromatic carbocycles. The highest BCUT2D eigenvalue weighted by Gasteiger charge is 2.05. The molecule has 112 valence electrons. The molecule has 0 radical (unpaired) electrons. The Morgan fingerprint density at radius 3 is 2.55 bits per heavy atom. The number of halogens is 2. The van der Waals surface area contributed by atoms with E-state index in [1.54, 1.807) is 18.2 Å². The van der Waals surface area contributed by atoms with Crippen LogP contribution in [0.25, 0.3) is 10.9 Å². The monoisotopic (exact) mass is 301 g/mol. The number of ether oxygens (including phenoxy) is 1. The van der Waals surface area contributed by atoms with Crippen molar-refractivity contribution in [1.82, 2.24) is 4.57 Å². The fourth-order valence-electron chi connectivity index (χ4n) is 2.40.